The van der Waals surface area contributed by atoms with Gasteiger partial charge in [0.1, 0.15) is 5.75 Å². The molecule has 0 saturated heterocycles. The number of quaternary nitrogens is 1. The number of carbonyl (C=O) groups excluding carboxylic acids is 1. The fourth-order valence-corrected chi connectivity index (χ4v) is 4.76. The van der Waals surface area contributed by atoms with Crippen molar-refractivity contribution >= 4 is 5.97 Å². The minimum absolute atomic E-state index is 0. The van der Waals surface area contributed by atoms with Crippen LogP contribution in [0.5, 0.6) is 5.75 Å². The Morgan fingerprint density at radius 1 is 1.00 bits per heavy atom. The van der Waals surface area contributed by atoms with Gasteiger partial charge in [0, 0.05) is 5.41 Å². The lowest BCUT2D eigenvalue weighted by Crippen LogP contribution is -3.00. The number of esters is 1. The lowest BCUT2D eigenvalue weighted by atomic mass is 9.71. The standard InChI is InChI=1S/C24H40NO2.HI/c1-18(2)20-12-11-13-21(19(3)4)23(20)27-22(26)16-24(17-25(5,6)7)14-9-8-10-15-24;/h11-13,18-19H,8-10,14-17H2,1-7H3;1H/q+1;/p-1. The van der Waals surface area contributed by atoms with Gasteiger partial charge in [-0.3, -0.25) is 4.79 Å². The van der Waals surface area contributed by atoms with Gasteiger partial charge >= 0.3 is 5.97 Å². The molecule has 2 rings (SSSR count). The molecule has 1 saturated carbocycles. The van der Waals surface area contributed by atoms with Crippen molar-refractivity contribution in [1.29, 1.82) is 0 Å². The lowest BCUT2D eigenvalue weighted by molar-refractivity contribution is -0.877. The number of benzene rings is 1. The number of carbonyl (C=O) groups is 1. The number of hydrogen-bond donors (Lipinski definition) is 0. The first-order valence-electron chi connectivity index (χ1n) is 10.7. The van der Waals surface area contributed by atoms with Crippen LogP contribution in [-0.2, 0) is 4.79 Å². The van der Waals surface area contributed by atoms with E-state index in [0.29, 0.717) is 18.3 Å². The highest BCUT2D eigenvalue weighted by Gasteiger charge is 2.40. The van der Waals surface area contributed by atoms with E-state index in [1.54, 1.807) is 0 Å². The Morgan fingerprint density at radius 3 is 1.93 bits per heavy atom. The van der Waals surface area contributed by atoms with E-state index >= 15 is 0 Å². The van der Waals surface area contributed by atoms with Crippen molar-refractivity contribution in [2.24, 2.45) is 5.41 Å². The van der Waals surface area contributed by atoms with E-state index in [9.17, 15) is 4.79 Å². The van der Waals surface area contributed by atoms with Crippen LogP contribution in [0.4, 0.5) is 0 Å². The zero-order valence-corrected chi connectivity index (χ0v) is 21.1. The van der Waals surface area contributed by atoms with E-state index in [4.69, 9.17) is 4.74 Å². The van der Waals surface area contributed by atoms with Gasteiger partial charge in [0.25, 0.3) is 0 Å². The minimum atomic E-state index is -0.0552. The maximum absolute atomic E-state index is 13.1. The molecule has 0 radical (unpaired) electrons. The third kappa shape index (κ3) is 7.01. The average Bonchev–Trinajstić information content (AvgIpc) is 2.53. The molecule has 0 atom stereocenters. The summed E-state index contributed by atoms with van der Waals surface area (Å²) in [5.41, 5.74) is 2.36. The van der Waals surface area contributed by atoms with Crippen LogP contribution in [0, 0.1) is 5.41 Å². The monoisotopic (exact) mass is 501 g/mol. The van der Waals surface area contributed by atoms with Crippen LogP contribution in [0.25, 0.3) is 0 Å². The van der Waals surface area contributed by atoms with E-state index in [0.717, 1.165) is 40.7 Å². The molecule has 0 N–H and O–H groups in total. The molecule has 0 heterocycles. The van der Waals surface area contributed by atoms with Crippen LogP contribution < -0.4 is 28.7 Å². The molecule has 160 valence electrons. The molecule has 3 nitrogen and oxygen atoms in total. The average molecular weight is 501 g/mol. The van der Waals surface area contributed by atoms with E-state index in [-0.39, 0.29) is 35.4 Å². The summed E-state index contributed by atoms with van der Waals surface area (Å²) in [5.74, 6) is 1.42. The van der Waals surface area contributed by atoms with E-state index in [1.165, 1.54) is 19.3 Å². The van der Waals surface area contributed by atoms with Gasteiger partial charge in [-0.05, 0) is 35.8 Å². The Kier molecular flexibility index (Phi) is 9.46. The summed E-state index contributed by atoms with van der Waals surface area (Å²) >= 11 is 0. The molecule has 0 aliphatic heterocycles. The van der Waals surface area contributed by atoms with Gasteiger partial charge in [-0.15, -0.1) is 0 Å². The van der Waals surface area contributed by atoms with E-state index < -0.39 is 0 Å². The van der Waals surface area contributed by atoms with Crippen molar-refractivity contribution in [3.8, 4) is 5.75 Å². The summed E-state index contributed by atoms with van der Waals surface area (Å²) in [6, 6.07) is 6.28. The first-order valence-corrected chi connectivity index (χ1v) is 10.7. The number of rotatable bonds is 7. The molecular formula is C24H40INO2. The first-order chi connectivity index (χ1) is 12.5. The molecule has 1 aliphatic carbocycles. The number of ether oxygens (including phenoxy) is 1. The second kappa shape index (κ2) is 10.4. The summed E-state index contributed by atoms with van der Waals surface area (Å²) < 4.78 is 6.99. The van der Waals surface area contributed by atoms with Crippen molar-refractivity contribution in [3.63, 3.8) is 0 Å². The zero-order chi connectivity index (χ0) is 20.2. The molecule has 0 spiro atoms. The fourth-order valence-electron chi connectivity index (χ4n) is 4.76. The van der Waals surface area contributed by atoms with Crippen molar-refractivity contribution in [2.75, 3.05) is 27.7 Å². The summed E-state index contributed by atoms with van der Waals surface area (Å²) in [7, 11) is 6.69. The fraction of sp³-hybridized carbons (Fsp3) is 0.708. The third-order valence-corrected chi connectivity index (χ3v) is 5.78. The summed E-state index contributed by atoms with van der Waals surface area (Å²) in [4.78, 5) is 13.1. The first kappa shape index (κ1) is 25.4. The van der Waals surface area contributed by atoms with Crippen molar-refractivity contribution < 1.29 is 38.0 Å². The van der Waals surface area contributed by atoms with E-state index in [1.807, 2.05) is 0 Å². The SMILES string of the molecule is CC(C)c1cccc(C(C)C)c1OC(=O)CC1(C[N+](C)(C)C)CCCCC1.[I-]. The second-order valence-electron chi connectivity index (χ2n) is 10.2. The predicted molar refractivity (Wildman–Crippen MR) is 113 cm³/mol. The topological polar surface area (TPSA) is 26.3 Å². The normalized spacial score (nSPS) is 16.8. The van der Waals surface area contributed by atoms with Crippen LogP contribution in [0.1, 0.15) is 89.2 Å². The number of para-hydroxylation sites is 1. The Hall–Kier alpha value is -0.620. The van der Waals surface area contributed by atoms with Crippen molar-refractivity contribution in [3.05, 3.63) is 29.3 Å². The Labute approximate surface area is 189 Å². The Morgan fingerprint density at radius 2 is 1.50 bits per heavy atom. The molecule has 1 fully saturated rings. The van der Waals surface area contributed by atoms with Crippen LogP contribution in [0.3, 0.4) is 0 Å². The summed E-state index contributed by atoms with van der Waals surface area (Å²) in [5, 5.41) is 0. The molecule has 0 aromatic heterocycles. The van der Waals surface area contributed by atoms with E-state index in [2.05, 4.69) is 67.0 Å². The van der Waals surface area contributed by atoms with Crippen molar-refractivity contribution in [2.45, 2.75) is 78.1 Å². The van der Waals surface area contributed by atoms with Gasteiger partial charge in [-0.25, -0.2) is 0 Å². The summed E-state index contributed by atoms with van der Waals surface area (Å²) in [6.45, 7) is 9.69. The molecule has 1 aromatic rings. The van der Waals surface area contributed by atoms with Crippen LogP contribution in [0.2, 0.25) is 0 Å². The Balaban J connectivity index is 0.00000392. The quantitative estimate of drug-likeness (QED) is 0.249. The number of nitrogens with zero attached hydrogens (tertiary/aromatic N) is 1. The number of hydrogen-bond acceptors (Lipinski definition) is 2. The Bertz CT molecular complexity index is 614. The molecule has 28 heavy (non-hydrogen) atoms. The highest BCUT2D eigenvalue weighted by Crippen LogP contribution is 2.42. The lowest BCUT2D eigenvalue weighted by Gasteiger charge is -2.41. The molecule has 0 unspecified atom stereocenters. The molecule has 0 bridgehead atoms. The zero-order valence-electron chi connectivity index (χ0n) is 19.0. The van der Waals surface area contributed by atoms with Gasteiger partial charge < -0.3 is 33.2 Å². The van der Waals surface area contributed by atoms with Crippen LogP contribution in [0.15, 0.2) is 18.2 Å². The molecule has 0 amide bonds. The highest BCUT2D eigenvalue weighted by molar-refractivity contribution is 5.74. The molecule has 4 heteroatoms. The second-order valence-corrected chi connectivity index (χ2v) is 10.2. The van der Waals surface area contributed by atoms with Gasteiger partial charge in [-0.2, -0.15) is 0 Å². The van der Waals surface area contributed by atoms with Crippen LogP contribution >= 0.6 is 0 Å². The highest BCUT2D eigenvalue weighted by atomic mass is 127. The molecule has 1 aromatic carbocycles. The maximum Gasteiger partial charge on any atom is 0.311 e. The molecule has 1 aliphatic rings. The smallest absolute Gasteiger partial charge is 0.311 e. The largest absolute Gasteiger partial charge is 1.00 e. The predicted octanol–water partition coefficient (Wildman–Crippen LogP) is 2.89. The van der Waals surface area contributed by atoms with Gasteiger partial charge in [0.15, 0.2) is 0 Å². The molecular weight excluding hydrogens is 461 g/mol. The van der Waals surface area contributed by atoms with Gasteiger partial charge in [0.05, 0.1) is 34.1 Å². The van der Waals surface area contributed by atoms with Crippen molar-refractivity contribution in [1.82, 2.24) is 0 Å². The van der Waals surface area contributed by atoms with Crippen LogP contribution in [-0.4, -0.2) is 38.1 Å². The minimum Gasteiger partial charge on any atom is -1.00 e. The summed E-state index contributed by atoms with van der Waals surface area (Å²) in [6.07, 6.45) is 6.56. The van der Waals surface area contributed by atoms with Gasteiger partial charge in [0.2, 0.25) is 0 Å². The van der Waals surface area contributed by atoms with Gasteiger partial charge in [-0.1, -0.05) is 65.2 Å². The third-order valence-electron chi connectivity index (χ3n) is 5.78. The number of halogens is 1. The maximum atomic E-state index is 13.1.